The molecule has 30 heavy (non-hydrogen) atoms. The van der Waals surface area contributed by atoms with Crippen LogP contribution in [-0.2, 0) is 16.0 Å². The predicted molar refractivity (Wildman–Crippen MR) is 124 cm³/mol. The highest BCUT2D eigenvalue weighted by Gasteiger charge is 2.26. The molecule has 0 bridgehead atoms. The van der Waals surface area contributed by atoms with E-state index in [9.17, 15) is 9.59 Å². The average molecular weight is 496 g/mol. The maximum absolute atomic E-state index is 13.0. The molecule has 1 atom stereocenters. The van der Waals surface area contributed by atoms with E-state index in [-0.39, 0.29) is 18.4 Å². The summed E-state index contributed by atoms with van der Waals surface area (Å²) < 4.78 is 6.46. The van der Waals surface area contributed by atoms with Crippen LogP contribution in [0.5, 0.6) is 5.75 Å². The van der Waals surface area contributed by atoms with Crippen LogP contribution in [0.3, 0.4) is 0 Å². The molecule has 2 amide bonds. The molecular weight excluding hydrogens is 468 g/mol. The van der Waals surface area contributed by atoms with E-state index in [0.29, 0.717) is 36.2 Å². The lowest BCUT2D eigenvalue weighted by Crippen LogP contribution is -2.50. The summed E-state index contributed by atoms with van der Waals surface area (Å²) in [5.41, 5.74) is 1.10. The minimum Gasteiger partial charge on any atom is -0.482 e. The third-order valence-electron chi connectivity index (χ3n) is 4.58. The van der Waals surface area contributed by atoms with Gasteiger partial charge in [0.05, 0.1) is 5.02 Å². The molecule has 2 aromatic carbocycles. The number of hydrogen-bond donors (Lipinski definition) is 1. The molecule has 0 fully saturated rings. The van der Waals surface area contributed by atoms with Crippen molar-refractivity contribution in [1.82, 2.24) is 10.2 Å². The summed E-state index contributed by atoms with van der Waals surface area (Å²) in [5, 5.41) is 3.32. The van der Waals surface area contributed by atoms with E-state index in [1.807, 2.05) is 44.2 Å². The van der Waals surface area contributed by atoms with E-state index in [4.69, 9.17) is 16.3 Å². The Bertz CT molecular complexity index is 846. The van der Waals surface area contributed by atoms with Crippen molar-refractivity contribution < 1.29 is 14.3 Å². The quantitative estimate of drug-likeness (QED) is 0.519. The van der Waals surface area contributed by atoms with E-state index < -0.39 is 6.04 Å². The number of carbonyl (C=O) groups excluding carboxylic acids is 2. The summed E-state index contributed by atoms with van der Waals surface area (Å²) in [5.74, 6) is 0.314. The highest BCUT2D eigenvalue weighted by atomic mass is 79.9. The van der Waals surface area contributed by atoms with Gasteiger partial charge in [-0.25, -0.2) is 0 Å². The Morgan fingerprint density at radius 2 is 1.83 bits per heavy atom. The van der Waals surface area contributed by atoms with Crippen LogP contribution < -0.4 is 10.1 Å². The molecule has 162 valence electrons. The van der Waals surface area contributed by atoms with Crippen molar-refractivity contribution in [2.24, 2.45) is 5.92 Å². The van der Waals surface area contributed by atoms with Crippen LogP contribution in [0.1, 0.15) is 26.3 Å². The Hall–Kier alpha value is -2.05. The number of nitrogens with zero attached hydrogens (tertiary/aromatic N) is 1. The third-order valence-corrected chi connectivity index (χ3v) is 5.37. The first-order valence-corrected chi connectivity index (χ1v) is 11.1. The fourth-order valence-electron chi connectivity index (χ4n) is 2.84. The number of ether oxygens (including phenoxy) is 1. The lowest BCUT2D eigenvalue weighted by atomic mass is 10.1. The third kappa shape index (κ3) is 7.65. The Morgan fingerprint density at radius 1 is 1.13 bits per heavy atom. The fraction of sp³-hybridized carbons (Fsp3) is 0.391. The number of nitrogens with one attached hydrogen (secondary N) is 1. The molecule has 1 N–H and O–H groups in total. The number of benzene rings is 2. The average Bonchev–Trinajstić information content (AvgIpc) is 2.72. The molecular formula is C23H28BrClN2O3. The molecule has 0 aliphatic heterocycles. The molecule has 0 aliphatic carbocycles. The normalized spacial score (nSPS) is 11.8. The van der Waals surface area contributed by atoms with Crippen LogP contribution in [0.25, 0.3) is 0 Å². The topological polar surface area (TPSA) is 58.6 Å². The zero-order valence-corrected chi connectivity index (χ0v) is 19.9. The zero-order chi connectivity index (χ0) is 22.1. The van der Waals surface area contributed by atoms with E-state index in [2.05, 4.69) is 21.2 Å². The zero-order valence-electron chi connectivity index (χ0n) is 17.5. The van der Waals surface area contributed by atoms with Gasteiger partial charge in [-0.15, -0.1) is 0 Å². The summed E-state index contributed by atoms with van der Waals surface area (Å²) in [4.78, 5) is 27.1. The molecule has 0 spiro atoms. The minimum absolute atomic E-state index is 0.174. The number of amides is 2. The van der Waals surface area contributed by atoms with Crippen molar-refractivity contribution >= 4 is 39.3 Å². The van der Waals surface area contributed by atoms with Crippen molar-refractivity contribution in [3.05, 3.63) is 63.6 Å². The number of rotatable bonds is 10. The van der Waals surface area contributed by atoms with Gasteiger partial charge in [0, 0.05) is 17.6 Å². The maximum Gasteiger partial charge on any atom is 0.261 e. The van der Waals surface area contributed by atoms with Gasteiger partial charge in [0.15, 0.2) is 6.61 Å². The smallest absolute Gasteiger partial charge is 0.261 e. The van der Waals surface area contributed by atoms with Crippen LogP contribution in [-0.4, -0.2) is 42.5 Å². The van der Waals surface area contributed by atoms with E-state index >= 15 is 0 Å². The summed E-state index contributed by atoms with van der Waals surface area (Å²) in [7, 11) is 0. The van der Waals surface area contributed by atoms with Crippen molar-refractivity contribution in [2.75, 3.05) is 19.7 Å². The Kier molecular flexibility index (Phi) is 9.66. The SMILES string of the molecule is CC(C)CNC(=O)C(C)N(CCc1ccccc1)C(=O)COc1ccc(Br)cc1Cl. The number of carbonyl (C=O) groups is 2. The van der Waals surface area contributed by atoms with E-state index in [1.165, 1.54) is 0 Å². The van der Waals surface area contributed by atoms with Gasteiger partial charge in [0.25, 0.3) is 5.91 Å². The van der Waals surface area contributed by atoms with E-state index in [1.54, 1.807) is 30.0 Å². The van der Waals surface area contributed by atoms with Gasteiger partial charge in [-0.1, -0.05) is 71.7 Å². The van der Waals surface area contributed by atoms with Crippen molar-refractivity contribution in [2.45, 2.75) is 33.2 Å². The summed E-state index contributed by atoms with van der Waals surface area (Å²) in [6.45, 7) is 6.58. The van der Waals surface area contributed by atoms with Crippen LogP contribution in [0.2, 0.25) is 5.02 Å². The molecule has 0 radical (unpaired) electrons. The standard InChI is InChI=1S/C23H28BrClN2O3/c1-16(2)14-26-23(29)17(3)27(12-11-18-7-5-4-6-8-18)22(28)15-30-21-10-9-19(24)13-20(21)25/h4-10,13,16-17H,11-12,14-15H2,1-3H3,(H,26,29). The lowest BCUT2D eigenvalue weighted by molar-refractivity contribution is -0.141. The van der Waals surface area contributed by atoms with Crippen LogP contribution in [0.4, 0.5) is 0 Å². The molecule has 0 aliphatic rings. The van der Waals surface area contributed by atoms with E-state index in [0.717, 1.165) is 10.0 Å². The molecule has 2 rings (SSSR count). The highest BCUT2D eigenvalue weighted by molar-refractivity contribution is 9.10. The van der Waals surface area contributed by atoms with Gasteiger partial charge < -0.3 is 15.0 Å². The number of halogens is 2. The second-order valence-electron chi connectivity index (χ2n) is 7.50. The summed E-state index contributed by atoms with van der Waals surface area (Å²) >= 11 is 9.52. The van der Waals surface area contributed by atoms with Crippen molar-refractivity contribution in [3.63, 3.8) is 0 Å². The van der Waals surface area contributed by atoms with Gasteiger partial charge in [-0.05, 0) is 43.0 Å². The maximum atomic E-state index is 13.0. The van der Waals surface area contributed by atoms with Gasteiger partial charge in [0.1, 0.15) is 11.8 Å². The Labute approximate surface area is 191 Å². The van der Waals surface area contributed by atoms with Gasteiger partial charge in [-0.3, -0.25) is 9.59 Å². The second kappa shape index (κ2) is 12.0. The molecule has 0 heterocycles. The largest absolute Gasteiger partial charge is 0.482 e. The highest BCUT2D eigenvalue weighted by Crippen LogP contribution is 2.27. The fourth-order valence-corrected chi connectivity index (χ4v) is 3.57. The summed E-state index contributed by atoms with van der Waals surface area (Å²) in [6.07, 6.45) is 0.646. The van der Waals surface area contributed by atoms with Crippen LogP contribution >= 0.6 is 27.5 Å². The molecule has 7 heteroatoms. The lowest BCUT2D eigenvalue weighted by Gasteiger charge is -2.29. The van der Waals surface area contributed by atoms with Gasteiger partial charge in [0.2, 0.25) is 5.91 Å². The molecule has 2 aromatic rings. The number of hydrogen-bond acceptors (Lipinski definition) is 3. The Balaban J connectivity index is 2.07. The molecule has 0 saturated heterocycles. The van der Waals surface area contributed by atoms with Crippen LogP contribution in [0.15, 0.2) is 53.0 Å². The molecule has 0 aromatic heterocycles. The van der Waals surface area contributed by atoms with Gasteiger partial charge in [-0.2, -0.15) is 0 Å². The van der Waals surface area contributed by atoms with Crippen molar-refractivity contribution in [1.29, 1.82) is 0 Å². The Morgan fingerprint density at radius 3 is 2.47 bits per heavy atom. The molecule has 0 saturated carbocycles. The first-order valence-electron chi connectivity index (χ1n) is 9.97. The minimum atomic E-state index is -0.607. The molecule has 1 unspecified atom stereocenters. The van der Waals surface area contributed by atoms with Crippen molar-refractivity contribution in [3.8, 4) is 5.75 Å². The predicted octanol–water partition coefficient (Wildman–Crippen LogP) is 4.71. The first kappa shape index (κ1) is 24.2. The second-order valence-corrected chi connectivity index (χ2v) is 8.82. The first-order chi connectivity index (χ1) is 14.3. The van der Waals surface area contributed by atoms with Crippen LogP contribution in [0, 0.1) is 5.92 Å². The van der Waals surface area contributed by atoms with Gasteiger partial charge >= 0.3 is 0 Å². The summed E-state index contributed by atoms with van der Waals surface area (Å²) in [6, 6.07) is 14.5. The monoisotopic (exact) mass is 494 g/mol. The molecule has 5 nitrogen and oxygen atoms in total.